The van der Waals surface area contributed by atoms with Crippen molar-refractivity contribution in [3.8, 4) is 0 Å². The number of methoxy groups -OCH3 is 2. The number of fused-ring (bicyclic) bond motifs is 1. The summed E-state index contributed by atoms with van der Waals surface area (Å²) < 4.78 is 26.3. The first-order chi connectivity index (χ1) is 8.67. The molecule has 0 bridgehead atoms. The number of ether oxygens (including phenoxy) is 2. The van der Waals surface area contributed by atoms with Crippen LogP contribution in [0.4, 0.5) is 4.39 Å². The van der Waals surface area contributed by atoms with E-state index in [4.69, 9.17) is 21.7 Å². The van der Waals surface area contributed by atoms with Crippen LogP contribution >= 0.6 is 12.2 Å². The molecule has 98 valence electrons. The van der Waals surface area contributed by atoms with E-state index in [0.717, 1.165) is 5.52 Å². The van der Waals surface area contributed by atoms with Crippen LogP contribution in [0.2, 0.25) is 0 Å². The third kappa shape index (κ3) is 2.45. The van der Waals surface area contributed by atoms with Crippen molar-refractivity contribution in [2.45, 2.75) is 12.6 Å². The first-order valence-electron chi connectivity index (χ1n) is 5.56. The molecule has 1 atom stereocenters. The number of para-hydroxylation sites is 1. The highest BCUT2D eigenvalue weighted by atomic mass is 32.1. The molecule has 1 aromatic heterocycles. The second-order valence-corrected chi connectivity index (χ2v) is 4.37. The highest BCUT2D eigenvalue weighted by molar-refractivity contribution is 7.71. The van der Waals surface area contributed by atoms with Crippen LogP contribution in [0.25, 0.3) is 11.0 Å². The molecule has 0 saturated heterocycles. The highest BCUT2D eigenvalue weighted by Gasteiger charge is 2.13. The SMILES string of the molecule is COCC(Cn1c(=S)[nH]c2c(F)cccc21)OC. The number of aromatic nitrogens is 2. The van der Waals surface area contributed by atoms with E-state index in [-0.39, 0.29) is 11.9 Å². The van der Waals surface area contributed by atoms with Gasteiger partial charge in [-0.2, -0.15) is 0 Å². The first kappa shape index (κ1) is 13.2. The Balaban J connectivity index is 2.41. The minimum atomic E-state index is -0.307. The number of aromatic amines is 1. The van der Waals surface area contributed by atoms with E-state index in [1.165, 1.54) is 6.07 Å². The molecule has 0 spiro atoms. The molecule has 1 heterocycles. The van der Waals surface area contributed by atoms with Crippen molar-refractivity contribution in [2.24, 2.45) is 0 Å². The maximum atomic E-state index is 13.6. The van der Waals surface area contributed by atoms with E-state index < -0.39 is 0 Å². The standard InChI is InChI=1S/C12H15FN2O2S/c1-16-7-8(17-2)6-15-10-5-3-4-9(13)11(10)14-12(15)18/h3-5,8H,6-7H2,1-2H3,(H,14,18). The van der Waals surface area contributed by atoms with Crippen molar-refractivity contribution >= 4 is 23.3 Å². The maximum Gasteiger partial charge on any atom is 0.178 e. The topological polar surface area (TPSA) is 39.2 Å². The summed E-state index contributed by atoms with van der Waals surface area (Å²) in [5.74, 6) is -0.307. The monoisotopic (exact) mass is 270 g/mol. The summed E-state index contributed by atoms with van der Waals surface area (Å²) in [4.78, 5) is 2.87. The lowest BCUT2D eigenvalue weighted by Crippen LogP contribution is -2.23. The minimum Gasteiger partial charge on any atom is -0.382 e. The Labute approximate surface area is 109 Å². The molecule has 0 aliphatic carbocycles. The van der Waals surface area contributed by atoms with Crippen LogP contribution < -0.4 is 0 Å². The number of hydrogen-bond donors (Lipinski definition) is 1. The fourth-order valence-electron chi connectivity index (χ4n) is 1.91. The van der Waals surface area contributed by atoms with Gasteiger partial charge in [0, 0.05) is 14.2 Å². The van der Waals surface area contributed by atoms with Crippen molar-refractivity contribution in [1.82, 2.24) is 9.55 Å². The molecule has 0 radical (unpaired) electrons. The number of imidazole rings is 1. The number of benzene rings is 1. The summed E-state index contributed by atoms with van der Waals surface area (Å²) in [6, 6.07) is 4.89. The number of hydrogen-bond acceptors (Lipinski definition) is 3. The van der Waals surface area contributed by atoms with Crippen LogP contribution in [0.3, 0.4) is 0 Å². The zero-order valence-corrected chi connectivity index (χ0v) is 11.1. The van der Waals surface area contributed by atoms with E-state index in [1.807, 2.05) is 10.6 Å². The van der Waals surface area contributed by atoms with Gasteiger partial charge in [0.2, 0.25) is 0 Å². The van der Waals surface area contributed by atoms with Gasteiger partial charge in [-0.1, -0.05) is 6.07 Å². The largest absolute Gasteiger partial charge is 0.382 e. The number of H-pyrrole nitrogens is 1. The van der Waals surface area contributed by atoms with Gasteiger partial charge in [-0.05, 0) is 24.4 Å². The summed E-state index contributed by atoms with van der Waals surface area (Å²) >= 11 is 5.21. The fourth-order valence-corrected chi connectivity index (χ4v) is 2.19. The molecule has 0 amide bonds. The molecule has 6 heteroatoms. The Morgan fingerprint density at radius 3 is 2.89 bits per heavy atom. The molecule has 18 heavy (non-hydrogen) atoms. The smallest absolute Gasteiger partial charge is 0.178 e. The predicted octanol–water partition coefficient (Wildman–Crippen LogP) is 2.50. The Bertz CT molecular complexity index is 593. The number of halogens is 1. The van der Waals surface area contributed by atoms with Crippen molar-refractivity contribution in [3.05, 3.63) is 28.8 Å². The van der Waals surface area contributed by atoms with E-state index in [1.54, 1.807) is 20.3 Å². The van der Waals surface area contributed by atoms with Crippen LogP contribution in [-0.4, -0.2) is 36.5 Å². The van der Waals surface area contributed by atoms with E-state index in [9.17, 15) is 4.39 Å². The minimum absolute atomic E-state index is 0.121. The molecule has 1 N–H and O–H groups in total. The lowest BCUT2D eigenvalue weighted by Gasteiger charge is -2.15. The summed E-state index contributed by atoms with van der Waals surface area (Å²) in [7, 11) is 3.23. The summed E-state index contributed by atoms with van der Waals surface area (Å²) in [5, 5.41) is 0. The summed E-state index contributed by atoms with van der Waals surface area (Å²) in [5.41, 5.74) is 1.16. The van der Waals surface area contributed by atoms with Crippen molar-refractivity contribution in [1.29, 1.82) is 0 Å². The van der Waals surface area contributed by atoms with E-state index in [0.29, 0.717) is 23.4 Å². The molecule has 4 nitrogen and oxygen atoms in total. The molecule has 2 aromatic rings. The Morgan fingerprint density at radius 2 is 2.22 bits per heavy atom. The van der Waals surface area contributed by atoms with Crippen LogP contribution in [-0.2, 0) is 16.0 Å². The molecular weight excluding hydrogens is 255 g/mol. The van der Waals surface area contributed by atoms with Crippen molar-refractivity contribution < 1.29 is 13.9 Å². The van der Waals surface area contributed by atoms with Gasteiger partial charge in [-0.15, -0.1) is 0 Å². The van der Waals surface area contributed by atoms with Gasteiger partial charge in [0.05, 0.1) is 24.8 Å². The average Bonchev–Trinajstić information content (AvgIpc) is 2.67. The molecule has 1 aromatic carbocycles. The van der Waals surface area contributed by atoms with Gasteiger partial charge in [-0.3, -0.25) is 0 Å². The predicted molar refractivity (Wildman–Crippen MR) is 69.8 cm³/mol. The Morgan fingerprint density at radius 1 is 1.44 bits per heavy atom. The Hall–Kier alpha value is -1.24. The molecule has 0 saturated carbocycles. The third-order valence-corrected chi connectivity index (χ3v) is 3.15. The summed E-state index contributed by atoms with van der Waals surface area (Å²) in [6.07, 6.45) is -0.121. The number of rotatable bonds is 5. The second-order valence-electron chi connectivity index (χ2n) is 3.99. The summed E-state index contributed by atoms with van der Waals surface area (Å²) in [6.45, 7) is 0.979. The van der Waals surface area contributed by atoms with Gasteiger partial charge in [-0.25, -0.2) is 4.39 Å². The highest BCUT2D eigenvalue weighted by Crippen LogP contribution is 2.18. The zero-order chi connectivity index (χ0) is 13.1. The molecular formula is C12H15FN2O2S. The molecule has 0 aliphatic heterocycles. The van der Waals surface area contributed by atoms with Gasteiger partial charge in [0.15, 0.2) is 4.77 Å². The molecule has 0 fully saturated rings. The van der Waals surface area contributed by atoms with Crippen molar-refractivity contribution in [2.75, 3.05) is 20.8 Å². The number of nitrogens with zero attached hydrogens (tertiary/aromatic N) is 1. The average molecular weight is 270 g/mol. The number of nitrogens with one attached hydrogen (secondary N) is 1. The van der Waals surface area contributed by atoms with E-state index >= 15 is 0 Å². The molecule has 0 aliphatic rings. The van der Waals surface area contributed by atoms with Crippen LogP contribution in [0.1, 0.15) is 0 Å². The Kier molecular flexibility index (Phi) is 4.11. The van der Waals surface area contributed by atoms with Crippen molar-refractivity contribution in [3.63, 3.8) is 0 Å². The first-order valence-corrected chi connectivity index (χ1v) is 5.97. The maximum absolute atomic E-state index is 13.6. The van der Waals surface area contributed by atoms with Gasteiger partial charge in [0.1, 0.15) is 11.3 Å². The third-order valence-electron chi connectivity index (χ3n) is 2.83. The zero-order valence-electron chi connectivity index (χ0n) is 10.3. The van der Waals surface area contributed by atoms with Crippen LogP contribution in [0.15, 0.2) is 18.2 Å². The van der Waals surface area contributed by atoms with E-state index in [2.05, 4.69) is 4.98 Å². The van der Waals surface area contributed by atoms with Gasteiger partial charge < -0.3 is 19.0 Å². The second kappa shape index (κ2) is 5.60. The van der Waals surface area contributed by atoms with Gasteiger partial charge in [0.25, 0.3) is 0 Å². The van der Waals surface area contributed by atoms with Crippen LogP contribution in [0, 0.1) is 10.6 Å². The fraction of sp³-hybridized carbons (Fsp3) is 0.417. The lowest BCUT2D eigenvalue weighted by atomic mass is 10.3. The lowest BCUT2D eigenvalue weighted by molar-refractivity contribution is 0.0188. The normalized spacial score (nSPS) is 13.1. The molecule has 1 unspecified atom stereocenters. The molecule has 2 rings (SSSR count). The quantitative estimate of drug-likeness (QED) is 0.848. The van der Waals surface area contributed by atoms with Gasteiger partial charge >= 0.3 is 0 Å². The van der Waals surface area contributed by atoms with Crippen LogP contribution in [0.5, 0.6) is 0 Å².